The Kier molecular flexibility index (Phi) is 6.51. The molecule has 0 atom stereocenters. The number of halogens is 1. The van der Waals surface area contributed by atoms with Gasteiger partial charge < -0.3 is 10.2 Å². The van der Waals surface area contributed by atoms with Gasteiger partial charge in [-0.05, 0) is 43.1 Å². The smallest absolute Gasteiger partial charge is 0.261 e. The summed E-state index contributed by atoms with van der Waals surface area (Å²) in [4.78, 5) is 28.3. The summed E-state index contributed by atoms with van der Waals surface area (Å²) in [6.07, 6.45) is 2.79. The number of benzene rings is 1. The fraction of sp³-hybridized carbons (Fsp3) is 0.409. The van der Waals surface area contributed by atoms with Crippen molar-refractivity contribution >= 4 is 44.9 Å². The number of carbonyl (C=O) groups is 1. The minimum absolute atomic E-state index is 0.0795. The highest BCUT2D eigenvalue weighted by molar-refractivity contribution is 7.20. The van der Waals surface area contributed by atoms with Gasteiger partial charge in [0.15, 0.2) is 0 Å². The van der Waals surface area contributed by atoms with E-state index < -0.39 is 0 Å². The van der Waals surface area contributed by atoms with E-state index in [1.165, 1.54) is 17.8 Å². The van der Waals surface area contributed by atoms with Gasteiger partial charge in [0, 0.05) is 37.7 Å². The second-order valence-corrected chi connectivity index (χ2v) is 9.01. The molecule has 0 aliphatic carbocycles. The highest BCUT2D eigenvalue weighted by Gasteiger charge is 2.24. The first-order chi connectivity index (χ1) is 14.6. The summed E-state index contributed by atoms with van der Waals surface area (Å²) < 4.78 is 0. The van der Waals surface area contributed by atoms with Crippen LogP contribution in [0.15, 0.2) is 30.6 Å². The van der Waals surface area contributed by atoms with E-state index in [0.717, 1.165) is 59.9 Å². The van der Waals surface area contributed by atoms with Gasteiger partial charge in [-0.2, -0.15) is 0 Å². The van der Waals surface area contributed by atoms with Crippen LogP contribution in [-0.4, -0.2) is 53.5 Å². The number of amides is 1. The van der Waals surface area contributed by atoms with Crippen molar-refractivity contribution in [3.8, 4) is 0 Å². The zero-order valence-corrected chi connectivity index (χ0v) is 18.9. The third-order valence-electron chi connectivity index (χ3n) is 5.49. The van der Waals surface area contributed by atoms with Crippen molar-refractivity contribution in [1.82, 2.24) is 20.2 Å². The number of anilines is 1. The second kappa shape index (κ2) is 9.29. The maximum Gasteiger partial charge on any atom is 0.261 e. The number of fused-ring (bicyclic) bond motifs is 1. The number of aryl methyl sites for hydroxylation is 1. The highest BCUT2D eigenvalue weighted by atomic mass is 35.5. The van der Waals surface area contributed by atoms with Crippen LogP contribution in [0.4, 0.5) is 5.82 Å². The molecule has 0 unspecified atom stereocenters. The van der Waals surface area contributed by atoms with E-state index in [2.05, 4.69) is 32.0 Å². The van der Waals surface area contributed by atoms with Crippen LogP contribution < -0.4 is 10.2 Å². The lowest BCUT2D eigenvalue weighted by Gasteiger charge is -2.35. The van der Waals surface area contributed by atoms with Crippen molar-refractivity contribution in [1.29, 1.82) is 0 Å². The highest BCUT2D eigenvalue weighted by Crippen LogP contribution is 2.35. The van der Waals surface area contributed by atoms with Gasteiger partial charge in [-0.25, -0.2) is 9.97 Å². The van der Waals surface area contributed by atoms with Gasteiger partial charge in [0.25, 0.3) is 5.91 Å². The fourth-order valence-electron chi connectivity index (χ4n) is 3.87. The molecule has 0 saturated carbocycles. The number of piperazine rings is 1. The number of hydrogen-bond acceptors (Lipinski definition) is 6. The molecule has 0 bridgehead atoms. The number of rotatable bonds is 6. The molecule has 3 heterocycles. The van der Waals surface area contributed by atoms with Gasteiger partial charge in [-0.3, -0.25) is 9.69 Å². The number of thiophene rings is 1. The summed E-state index contributed by atoms with van der Waals surface area (Å²) in [5, 5.41) is 4.71. The van der Waals surface area contributed by atoms with Gasteiger partial charge in [0.2, 0.25) is 0 Å². The predicted octanol–water partition coefficient (Wildman–Crippen LogP) is 4.12. The van der Waals surface area contributed by atoms with Crippen molar-refractivity contribution in [2.75, 3.05) is 37.6 Å². The van der Waals surface area contributed by atoms with E-state index in [0.29, 0.717) is 16.4 Å². The van der Waals surface area contributed by atoms with Crippen molar-refractivity contribution in [2.45, 2.75) is 26.8 Å². The van der Waals surface area contributed by atoms with Crippen LogP contribution in [0.5, 0.6) is 0 Å². The van der Waals surface area contributed by atoms with Gasteiger partial charge in [0.05, 0.1) is 10.3 Å². The van der Waals surface area contributed by atoms with Gasteiger partial charge >= 0.3 is 0 Å². The first kappa shape index (κ1) is 21.0. The van der Waals surface area contributed by atoms with Crippen molar-refractivity contribution in [3.63, 3.8) is 0 Å². The molecule has 0 spiro atoms. The Morgan fingerprint density at radius 2 is 1.90 bits per heavy atom. The third-order valence-corrected chi connectivity index (χ3v) is 6.94. The second-order valence-electron chi connectivity index (χ2n) is 7.57. The zero-order chi connectivity index (χ0) is 21.1. The fourth-order valence-corrected chi connectivity index (χ4v) is 5.06. The molecule has 1 aromatic carbocycles. The van der Waals surface area contributed by atoms with E-state index in [4.69, 9.17) is 11.6 Å². The predicted molar refractivity (Wildman–Crippen MR) is 124 cm³/mol. The maximum atomic E-state index is 12.9. The molecule has 158 valence electrons. The number of nitrogens with zero attached hydrogens (tertiary/aromatic N) is 4. The molecule has 3 aromatic rings. The molecule has 1 amide bonds. The van der Waals surface area contributed by atoms with Crippen LogP contribution in [0, 0.1) is 6.92 Å². The Morgan fingerprint density at radius 1 is 1.17 bits per heavy atom. The Bertz CT molecular complexity index is 1030. The molecule has 8 heteroatoms. The summed E-state index contributed by atoms with van der Waals surface area (Å²) in [6.45, 7) is 9.78. The Morgan fingerprint density at radius 3 is 2.60 bits per heavy atom. The Hall–Kier alpha value is -2.22. The first-order valence-electron chi connectivity index (χ1n) is 10.3. The molecule has 1 N–H and O–H groups in total. The van der Waals surface area contributed by atoms with E-state index in [1.54, 1.807) is 6.33 Å². The monoisotopic (exact) mass is 443 g/mol. The lowest BCUT2D eigenvalue weighted by atomic mass is 10.1. The molecule has 1 aliphatic rings. The number of carbonyl (C=O) groups excluding carboxylic acids is 1. The molecule has 1 aliphatic heterocycles. The largest absolute Gasteiger partial charge is 0.353 e. The van der Waals surface area contributed by atoms with Gasteiger partial charge in [-0.1, -0.05) is 30.7 Å². The minimum atomic E-state index is -0.0795. The van der Waals surface area contributed by atoms with E-state index in [-0.39, 0.29) is 5.91 Å². The zero-order valence-electron chi connectivity index (χ0n) is 17.3. The van der Waals surface area contributed by atoms with Crippen LogP contribution >= 0.6 is 22.9 Å². The van der Waals surface area contributed by atoms with Crippen LogP contribution in [0.25, 0.3) is 10.2 Å². The minimum Gasteiger partial charge on any atom is -0.353 e. The molecular formula is C22H26ClN5OS. The molecule has 1 saturated heterocycles. The molecular weight excluding hydrogens is 418 g/mol. The van der Waals surface area contributed by atoms with Crippen molar-refractivity contribution in [2.24, 2.45) is 0 Å². The number of aromatic nitrogens is 2. The van der Waals surface area contributed by atoms with E-state index in [1.807, 2.05) is 31.2 Å². The summed E-state index contributed by atoms with van der Waals surface area (Å²) in [5.74, 6) is 0.866. The number of nitrogens with one attached hydrogen (secondary N) is 1. The first-order valence-corrected chi connectivity index (χ1v) is 11.5. The van der Waals surface area contributed by atoms with Gasteiger partial charge in [0.1, 0.15) is 17.0 Å². The lowest BCUT2D eigenvalue weighted by Crippen LogP contribution is -2.46. The average Bonchev–Trinajstić information content (AvgIpc) is 3.11. The maximum absolute atomic E-state index is 12.9. The van der Waals surface area contributed by atoms with Gasteiger partial charge in [-0.15, -0.1) is 11.3 Å². The van der Waals surface area contributed by atoms with E-state index in [9.17, 15) is 4.79 Å². The summed E-state index contributed by atoms with van der Waals surface area (Å²) >= 11 is 7.37. The third kappa shape index (κ3) is 4.43. The van der Waals surface area contributed by atoms with Crippen molar-refractivity contribution < 1.29 is 4.79 Å². The SMILES string of the molecule is CCCN1CCN(c2ncnc3sc(C(=O)NCc4ccc(Cl)cc4)c(C)c23)CC1. The van der Waals surface area contributed by atoms with Crippen LogP contribution in [0.3, 0.4) is 0 Å². The van der Waals surface area contributed by atoms with Crippen LogP contribution in [0.1, 0.15) is 34.1 Å². The Labute approximate surface area is 185 Å². The topological polar surface area (TPSA) is 61.4 Å². The average molecular weight is 444 g/mol. The molecule has 6 nitrogen and oxygen atoms in total. The number of hydrogen-bond donors (Lipinski definition) is 1. The van der Waals surface area contributed by atoms with Crippen LogP contribution in [0.2, 0.25) is 5.02 Å². The summed E-state index contributed by atoms with van der Waals surface area (Å²) in [6, 6.07) is 7.50. The Balaban J connectivity index is 1.53. The molecule has 4 rings (SSSR count). The summed E-state index contributed by atoms with van der Waals surface area (Å²) in [7, 11) is 0. The molecule has 2 aromatic heterocycles. The van der Waals surface area contributed by atoms with Crippen LogP contribution in [-0.2, 0) is 6.54 Å². The van der Waals surface area contributed by atoms with Crippen molar-refractivity contribution in [3.05, 3.63) is 51.6 Å². The quantitative estimate of drug-likeness (QED) is 0.621. The normalized spacial score (nSPS) is 15.0. The molecule has 1 fully saturated rings. The van der Waals surface area contributed by atoms with E-state index >= 15 is 0 Å². The standard InChI is InChI=1S/C22H26ClN5OS/c1-3-8-27-9-11-28(12-10-27)20-18-15(2)19(30-22(18)26-14-25-20)21(29)24-13-16-4-6-17(23)7-5-16/h4-7,14H,3,8-13H2,1-2H3,(H,24,29). The molecule has 30 heavy (non-hydrogen) atoms. The molecule has 0 radical (unpaired) electrons. The summed E-state index contributed by atoms with van der Waals surface area (Å²) in [5.41, 5.74) is 1.96. The lowest BCUT2D eigenvalue weighted by molar-refractivity contribution is 0.0954.